The van der Waals surface area contributed by atoms with Gasteiger partial charge in [0.25, 0.3) is 5.91 Å². The minimum absolute atomic E-state index is 0.214. The topological polar surface area (TPSA) is 68.4 Å². The van der Waals surface area contributed by atoms with Crippen molar-refractivity contribution in [1.82, 2.24) is 15.2 Å². The number of H-pyrrole nitrogens is 1. The predicted molar refractivity (Wildman–Crippen MR) is 96.5 cm³/mol. The van der Waals surface area contributed by atoms with Crippen molar-refractivity contribution in [2.24, 2.45) is 5.92 Å². The first-order valence-electron chi connectivity index (χ1n) is 8.48. The Balaban J connectivity index is 1.50. The number of fused-ring (bicyclic) bond motifs is 1. The lowest BCUT2D eigenvalue weighted by Crippen LogP contribution is -2.43. The number of aliphatic hydroxyl groups excluding tert-OH is 1. The molecule has 0 radical (unpaired) electrons. The fourth-order valence-electron chi connectivity index (χ4n) is 3.13. The highest BCUT2D eigenvalue weighted by atomic mass is 35.5. The number of halogens is 1. The molecule has 1 aliphatic heterocycles. The van der Waals surface area contributed by atoms with E-state index in [0.717, 1.165) is 29.9 Å². The predicted octanol–water partition coefficient (Wildman–Crippen LogP) is 2.64. The van der Waals surface area contributed by atoms with E-state index in [-0.39, 0.29) is 12.5 Å². The molecular weight excluding hydrogens is 326 g/mol. The number of nitrogens with zero attached hydrogens (tertiary/aromatic N) is 1. The Kier molecular flexibility index (Phi) is 5.43. The average Bonchev–Trinajstić information content (AvgIpc) is 2.98. The minimum Gasteiger partial charge on any atom is -0.390 e. The number of aliphatic hydroxyl groups is 1. The van der Waals surface area contributed by atoms with Crippen LogP contribution in [0.1, 0.15) is 30.3 Å². The van der Waals surface area contributed by atoms with E-state index in [9.17, 15) is 9.90 Å². The van der Waals surface area contributed by atoms with Gasteiger partial charge < -0.3 is 20.3 Å². The number of likely N-dealkylation sites (tertiary alicyclic amines) is 1. The van der Waals surface area contributed by atoms with Gasteiger partial charge in [-0.25, -0.2) is 0 Å². The summed E-state index contributed by atoms with van der Waals surface area (Å²) in [4.78, 5) is 17.6. The van der Waals surface area contributed by atoms with E-state index in [1.807, 2.05) is 6.07 Å². The van der Waals surface area contributed by atoms with Gasteiger partial charge in [-0.15, -0.1) is 0 Å². The summed E-state index contributed by atoms with van der Waals surface area (Å²) < 4.78 is 0. The summed E-state index contributed by atoms with van der Waals surface area (Å²) in [5, 5.41) is 14.5. The molecule has 130 valence electrons. The molecule has 2 heterocycles. The summed E-state index contributed by atoms with van der Waals surface area (Å²) in [6.07, 6.45) is 1.80. The highest BCUT2D eigenvalue weighted by molar-refractivity contribution is 6.31. The molecule has 0 saturated carbocycles. The molecule has 5 nitrogen and oxygen atoms in total. The molecule has 1 saturated heterocycles. The molecule has 6 heteroatoms. The number of carbonyl (C=O) groups excluding carboxylic acids is 1. The monoisotopic (exact) mass is 349 g/mol. The molecule has 0 bridgehead atoms. The Labute approximate surface area is 147 Å². The van der Waals surface area contributed by atoms with Crippen LogP contribution in [0.3, 0.4) is 0 Å². The molecule has 2 aromatic rings. The summed E-state index contributed by atoms with van der Waals surface area (Å²) in [6.45, 7) is 5.17. The minimum atomic E-state index is -0.554. The van der Waals surface area contributed by atoms with Gasteiger partial charge >= 0.3 is 0 Å². The van der Waals surface area contributed by atoms with Gasteiger partial charge in [-0.2, -0.15) is 0 Å². The summed E-state index contributed by atoms with van der Waals surface area (Å²) in [6, 6.07) is 7.25. The number of rotatable bonds is 5. The average molecular weight is 350 g/mol. The van der Waals surface area contributed by atoms with Crippen LogP contribution in [0, 0.1) is 5.92 Å². The largest absolute Gasteiger partial charge is 0.390 e. The second-order valence-electron chi connectivity index (χ2n) is 6.76. The Hall–Kier alpha value is -1.56. The maximum absolute atomic E-state index is 12.2. The molecule has 1 atom stereocenters. The summed E-state index contributed by atoms with van der Waals surface area (Å²) in [5.41, 5.74) is 1.31. The van der Waals surface area contributed by atoms with Gasteiger partial charge in [-0.1, -0.05) is 24.6 Å². The molecule has 3 N–H and O–H groups in total. The number of β-amino-alcohol motifs (C(OH)–C–C–N with tert-alkyl or cyclic N) is 1. The molecule has 1 aromatic carbocycles. The highest BCUT2D eigenvalue weighted by Crippen LogP contribution is 2.20. The van der Waals surface area contributed by atoms with Gasteiger partial charge in [-0.05, 0) is 50.0 Å². The van der Waals surface area contributed by atoms with Crippen molar-refractivity contribution in [2.45, 2.75) is 25.9 Å². The molecule has 3 rings (SSSR count). The zero-order valence-corrected chi connectivity index (χ0v) is 14.6. The van der Waals surface area contributed by atoms with Gasteiger partial charge in [0.05, 0.1) is 6.10 Å². The van der Waals surface area contributed by atoms with Crippen LogP contribution in [0.2, 0.25) is 5.02 Å². The first-order valence-corrected chi connectivity index (χ1v) is 8.86. The maximum Gasteiger partial charge on any atom is 0.267 e. The van der Waals surface area contributed by atoms with Crippen molar-refractivity contribution in [3.05, 3.63) is 35.0 Å². The second kappa shape index (κ2) is 7.55. The lowest BCUT2D eigenvalue weighted by Gasteiger charge is -2.31. The van der Waals surface area contributed by atoms with Gasteiger partial charge in [-0.3, -0.25) is 4.79 Å². The fraction of sp³-hybridized carbons (Fsp3) is 0.500. The highest BCUT2D eigenvalue weighted by Gasteiger charge is 2.19. The third kappa shape index (κ3) is 4.29. The van der Waals surface area contributed by atoms with Crippen LogP contribution in [0.15, 0.2) is 24.3 Å². The summed E-state index contributed by atoms with van der Waals surface area (Å²) in [5.74, 6) is 0.558. The Morgan fingerprint density at radius 2 is 2.17 bits per heavy atom. The third-order valence-electron chi connectivity index (χ3n) is 4.67. The molecule has 24 heavy (non-hydrogen) atoms. The van der Waals surface area contributed by atoms with Crippen LogP contribution in [0.5, 0.6) is 0 Å². The van der Waals surface area contributed by atoms with Crippen LogP contribution in [0.25, 0.3) is 10.9 Å². The van der Waals surface area contributed by atoms with Crippen LogP contribution < -0.4 is 5.32 Å². The van der Waals surface area contributed by atoms with Crippen molar-refractivity contribution in [2.75, 3.05) is 26.2 Å². The zero-order chi connectivity index (χ0) is 17.1. The fourth-order valence-corrected chi connectivity index (χ4v) is 3.31. The standard InChI is InChI=1S/C18H24ClN3O2/c1-12-4-6-22(7-5-12)11-15(23)10-20-18(24)17-8-13-2-3-14(19)9-16(13)21-17/h2-3,8-9,12,15,21,23H,4-7,10-11H2,1H3,(H,20,24). The number of hydrogen-bond donors (Lipinski definition) is 3. The molecular formula is C18H24ClN3O2. The lowest BCUT2D eigenvalue weighted by atomic mass is 9.99. The van der Waals surface area contributed by atoms with E-state index in [1.54, 1.807) is 18.2 Å². The smallest absolute Gasteiger partial charge is 0.267 e. The van der Waals surface area contributed by atoms with E-state index in [4.69, 9.17) is 11.6 Å². The molecule has 1 amide bonds. The van der Waals surface area contributed by atoms with Gasteiger partial charge in [0, 0.05) is 29.0 Å². The number of benzene rings is 1. The molecule has 1 aromatic heterocycles. The number of aromatic amines is 1. The van der Waals surface area contributed by atoms with Gasteiger partial charge in [0.2, 0.25) is 0 Å². The molecule has 1 aliphatic rings. The second-order valence-corrected chi connectivity index (χ2v) is 7.20. The first kappa shape index (κ1) is 17.3. The van der Waals surface area contributed by atoms with E-state index in [1.165, 1.54) is 12.8 Å². The SMILES string of the molecule is CC1CCN(CC(O)CNC(=O)c2cc3ccc(Cl)cc3[nH]2)CC1. The molecule has 1 unspecified atom stereocenters. The van der Waals surface area contributed by atoms with Crippen LogP contribution >= 0.6 is 11.6 Å². The van der Waals surface area contributed by atoms with E-state index in [0.29, 0.717) is 17.3 Å². The van der Waals surface area contributed by atoms with Crippen molar-refractivity contribution >= 4 is 28.4 Å². The molecule has 1 fully saturated rings. The van der Waals surface area contributed by atoms with Crippen molar-refractivity contribution < 1.29 is 9.90 Å². The molecule has 0 aliphatic carbocycles. The van der Waals surface area contributed by atoms with E-state index < -0.39 is 6.10 Å². The van der Waals surface area contributed by atoms with E-state index >= 15 is 0 Å². The van der Waals surface area contributed by atoms with Crippen molar-refractivity contribution in [3.8, 4) is 0 Å². The Morgan fingerprint density at radius 3 is 2.92 bits per heavy atom. The van der Waals surface area contributed by atoms with Gasteiger partial charge in [0.15, 0.2) is 0 Å². The third-order valence-corrected chi connectivity index (χ3v) is 4.91. The number of hydrogen-bond acceptors (Lipinski definition) is 3. The Bertz CT molecular complexity index is 707. The van der Waals surface area contributed by atoms with Crippen molar-refractivity contribution in [3.63, 3.8) is 0 Å². The number of piperidine rings is 1. The van der Waals surface area contributed by atoms with Crippen LogP contribution in [-0.2, 0) is 0 Å². The number of carbonyl (C=O) groups is 1. The van der Waals surface area contributed by atoms with Crippen LogP contribution in [-0.4, -0.2) is 53.2 Å². The first-order chi connectivity index (χ1) is 11.5. The van der Waals surface area contributed by atoms with Crippen molar-refractivity contribution in [1.29, 1.82) is 0 Å². The maximum atomic E-state index is 12.2. The normalized spacial score (nSPS) is 18.0. The summed E-state index contributed by atoms with van der Waals surface area (Å²) in [7, 11) is 0. The lowest BCUT2D eigenvalue weighted by molar-refractivity contribution is 0.0793. The Morgan fingerprint density at radius 1 is 1.42 bits per heavy atom. The van der Waals surface area contributed by atoms with E-state index in [2.05, 4.69) is 22.1 Å². The number of aromatic nitrogens is 1. The van der Waals surface area contributed by atoms with Crippen LogP contribution in [0.4, 0.5) is 0 Å². The quantitative estimate of drug-likeness (QED) is 0.777. The zero-order valence-electron chi connectivity index (χ0n) is 13.9. The number of amides is 1. The molecule has 0 spiro atoms. The number of nitrogens with one attached hydrogen (secondary N) is 2. The summed E-state index contributed by atoms with van der Waals surface area (Å²) >= 11 is 5.95. The van der Waals surface area contributed by atoms with Gasteiger partial charge in [0.1, 0.15) is 5.69 Å².